The van der Waals surface area contributed by atoms with Crippen LogP contribution in [0, 0.1) is 0 Å². The molecular formula is C29H29N3O2. The van der Waals surface area contributed by atoms with E-state index in [0.717, 1.165) is 55.0 Å². The molecule has 0 N–H and O–H groups in total. The summed E-state index contributed by atoms with van der Waals surface area (Å²) in [6, 6.07) is 23.7. The molecule has 3 heterocycles. The van der Waals surface area contributed by atoms with Gasteiger partial charge in [0.1, 0.15) is 0 Å². The Hall–Kier alpha value is -3.44. The van der Waals surface area contributed by atoms with Crippen molar-refractivity contribution in [3.8, 4) is 0 Å². The first-order valence-electron chi connectivity index (χ1n) is 12.2. The van der Waals surface area contributed by atoms with Crippen LogP contribution < -0.4 is 4.90 Å². The van der Waals surface area contributed by atoms with E-state index in [9.17, 15) is 9.59 Å². The molecule has 0 radical (unpaired) electrons. The summed E-state index contributed by atoms with van der Waals surface area (Å²) < 4.78 is 0. The molecule has 172 valence electrons. The Morgan fingerprint density at radius 3 is 2.29 bits per heavy atom. The summed E-state index contributed by atoms with van der Waals surface area (Å²) in [4.78, 5) is 34.6. The molecule has 2 atom stereocenters. The predicted octanol–water partition coefficient (Wildman–Crippen LogP) is 4.16. The van der Waals surface area contributed by atoms with Crippen LogP contribution >= 0.6 is 0 Å². The lowest BCUT2D eigenvalue weighted by atomic mass is 9.73. The molecule has 3 aromatic rings. The molecule has 1 fully saturated rings. The summed E-state index contributed by atoms with van der Waals surface area (Å²) in [5.74, 6) is -0.295. The fourth-order valence-corrected chi connectivity index (χ4v) is 5.93. The maximum absolute atomic E-state index is 14.5. The third kappa shape index (κ3) is 3.34. The van der Waals surface area contributed by atoms with Gasteiger partial charge >= 0.3 is 0 Å². The highest BCUT2D eigenvalue weighted by molar-refractivity contribution is 6.09. The highest BCUT2D eigenvalue weighted by Gasteiger charge is 2.46. The lowest BCUT2D eigenvalue weighted by molar-refractivity contribution is 0.0566. The number of carbonyl (C=O) groups excluding carboxylic acids is 2. The minimum Gasteiger partial charge on any atom is -0.368 e. The van der Waals surface area contributed by atoms with Crippen molar-refractivity contribution in [2.45, 2.75) is 18.4 Å². The zero-order valence-corrected chi connectivity index (χ0v) is 19.5. The van der Waals surface area contributed by atoms with Crippen molar-refractivity contribution >= 4 is 17.4 Å². The Bertz CT molecular complexity index is 1260. The number of Topliss-reactive ketones (excluding diaryl/α,β-unsaturated/α-hetero) is 1. The second kappa shape index (κ2) is 8.41. The van der Waals surface area contributed by atoms with Gasteiger partial charge in [-0.05, 0) is 48.4 Å². The molecule has 5 heteroatoms. The van der Waals surface area contributed by atoms with Gasteiger partial charge in [0.25, 0.3) is 5.91 Å². The Labute approximate surface area is 200 Å². The number of rotatable bonds is 3. The van der Waals surface area contributed by atoms with Gasteiger partial charge in [0.2, 0.25) is 0 Å². The van der Waals surface area contributed by atoms with Crippen molar-refractivity contribution in [1.82, 2.24) is 9.80 Å². The third-order valence-electron chi connectivity index (χ3n) is 7.73. The van der Waals surface area contributed by atoms with Crippen LogP contribution in [0.2, 0.25) is 0 Å². The van der Waals surface area contributed by atoms with Gasteiger partial charge in [0.15, 0.2) is 5.78 Å². The number of hydrogen-bond donors (Lipinski definition) is 0. The predicted molar refractivity (Wildman–Crippen MR) is 134 cm³/mol. The Kier molecular flexibility index (Phi) is 5.22. The first-order valence-corrected chi connectivity index (χ1v) is 12.2. The van der Waals surface area contributed by atoms with E-state index < -0.39 is 5.92 Å². The second-order valence-corrected chi connectivity index (χ2v) is 9.63. The number of anilines is 1. The number of piperazine rings is 1. The first-order chi connectivity index (χ1) is 16.6. The molecule has 3 aliphatic rings. The van der Waals surface area contributed by atoms with Gasteiger partial charge in [-0.2, -0.15) is 0 Å². The average Bonchev–Trinajstić information content (AvgIpc) is 2.89. The quantitative estimate of drug-likeness (QED) is 0.561. The van der Waals surface area contributed by atoms with Crippen LogP contribution in [0.25, 0.3) is 0 Å². The average molecular weight is 452 g/mol. The zero-order chi connectivity index (χ0) is 23.2. The largest absolute Gasteiger partial charge is 0.368 e. The van der Waals surface area contributed by atoms with Crippen molar-refractivity contribution in [2.75, 3.05) is 44.7 Å². The van der Waals surface area contributed by atoms with E-state index in [1.54, 1.807) is 0 Å². The van der Waals surface area contributed by atoms with Crippen LogP contribution in [-0.2, 0) is 6.42 Å². The van der Waals surface area contributed by atoms with Gasteiger partial charge in [0, 0.05) is 49.5 Å². The molecule has 1 saturated heterocycles. The van der Waals surface area contributed by atoms with E-state index in [4.69, 9.17) is 0 Å². The normalized spacial score (nSPS) is 22.1. The summed E-state index contributed by atoms with van der Waals surface area (Å²) >= 11 is 0. The van der Waals surface area contributed by atoms with Gasteiger partial charge in [-0.3, -0.25) is 9.59 Å². The standard InChI is InChI=1S/C29H29N3O2/c1-30-16-18-31(19-17-30)25-13-7-6-12-24(25)28(33)26-22-10-4-5-11-23(22)29(34)32-15-14-20-8-2-3-9-21(20)27(26)32/h2-13,26-27H,14-19H2,1H3/t26-,27+/m0/s1. The van der Waals surface area contributed by atoms with Gasteiger partial charge in [0.05, 0.1) is 12.0 Å². The highest BCUT2D eigenvalue weighted by atomic mass is 16.2. The highest BCUT2D eigenvalue weighted by Crippen LogP contribution is 2.47. The van der Waals surface area contributed by atoms with Gasteiger partial charge in [-0.25, -0.2) is 0 Å². The SMILES string of the molecule is CN1CCN(c2ccccc2C(=O)[C@H]2c3ccccc3C(=O)N3CCc4ccccc4[C@H]23)CC1. The smallest absolute Gasteiger partial charge is 0.254 e. The lowest BCUT2D eigenvalue weighted by Gasteiger charge is -2.45. The van der Waals surface area contributed by atoms with Crippen molar-refractivity contribution < 1.29 is 9.59 Å². The Balaban J connectivity index is 1.49. The summed E-state index contributed by atoms with van der Waals surface area (Å²) in [6.45, 7) is 4.40. The van der Waals surface area contributed by atoms with Gasteiger partial charge in [-0.15, -0.1) is 0 Å². The van der Waals surface area contributed by atoms with Crippen LogP contribution in [-0.4, -0.2) is 61.3 Å². The summed E-state index contributed by atoms with van der Waals surface area (Å²) in [5, 5.41) is 0. The van der Waals surface area contributed by atoms with E-state index in [1.807, 2.05) is 59.5 Å². The lowest BCUT2D eigenvalue weighted by Crippen LogP contribution is -2.48. The molecule has 0 unspecified atom stereocenters. The van der Waals surface area contributed by atoms with E-state index in [1.165, 1.54) is 5.56 Å². The maximum Gasteiger partial charge on any atom is 0.254 e. The fraction of sp³-hybridized carbons (Fsp3) is 0.310. The number of fused-ring (bicyclic) bond motifs is 4. The molecule has 3 aliphatic heterocycles. The van der Waals surface area contributed by atoms with Gasteiger partial charge < -0.3 is 14.7 Å². The number of para-hydroxylation sites is 1. The molecule has 5 nitrogen and oxygen atoms in total. The van der Waals surface area contributed by atoms with E-state index in [-0.39, 0.29) is 17.7 Å². The number of amides is 1. The molecule has 1 amide bonds. The number of benzene rings is 3. The second-order valence-electron chi connectivity index (χ2n) is 9.63. The summed E-state index contributed by atoms with van der Waals surface area (Å²) in [5.41, 5.74) is 5.61. The fourth-order valence-electron chi connectivity index (χ4n) is 5.93. The monoisotopic (exact) mass is 451 g/mol. The molecule has 0 saturated carbocycles. The number of hydrogen-bond acceptors (Lipinski definition) is 4. The Morgan fingerprint density at radius 2 is 1.47 bits per heavy atom. The molecule has 0 spiro atoms. The molecular weight excluding hydrogens is 422 g/mol. The third-order valence-corrected chi connectivity index (χ3v) is 7.73. The van der Waals surface area contributed by atoms with E-state index in [2.05, 4.69) is 35.0 Å². The topological polar surface area (TPSA) is 43.9 Å². The van der Waals surface area contributed by atoms with Crippen LogP contribution in [0.5, 0.6) is 0 Å². The number of ketones is 1. The number of carbonyl (C=O) groups is 2. The van der Waals surface area contributed by atoms with Crippen LogP contribution in [0.15, 0.2) is 72.8 Å². The summed E-state index contributed by atoms with van der Waals surface area (Å²) in [6.07, 6.45) is 0.819. The maximum atomic E-state index is 14.5. The zero-order valence-electron chi connectivity index (χ0n) is 19.5. The first kappa shape index (κ1) is 21.1. The molecule has 3 aromatic carbocycles. The Morgan fingerprint density at radius 1 is 0.794 bits per heavy atom. The minimum atomic E-state index is -0.427. The van der Waals surface area contributed by atoms with Crippen molar-refractivity contribution in [1.29, 1.82) is 0 Å². The van der Waals surface area contributed by atoms with Crippen molar-refractivity contribution in [2.24, 2.45) is 0 Å². The van der Waals surface area contributed by atoms with Gasteiger partial charge in [-0.1, -0.05) is 54.6 Å². The van der Waals surface area contributed by atoms with Crippen LogP contribution in [0.1, 0.15) is 49.4 Å². The van der Waals surface area contributed by atoms with Crippen molar-refractivity contribution in [3.05, 3.63) is 101 Å². The van der Waals surface area contributed by atoms with E-state index >= 15 is 0 Å². The summed E-state index contributed by atoms with van der Waals surface area (Å²) in [7, 11) is 2.14. The molecule has 0 aliphatic carbocycles. The molecule has 0 bridgehead atoms. The van der Waals surface area contributed by atoms with Crippen molar-refractivity contribution in [3.63, 3.8) is 0 Å². The number of nitrogens with zero attached hydrogens (tertiary/aromatic N) is 3. The molecule has 6 rings (SSSR count). The minimum absolute atomic E-state index is 0.0338. The molecule has 34 heavy (non-hydrogen) atoms. The van der Waals surface area contributed by atoms with Crippen LogP contribution in [0.3, 0.4) is 0 Å². The van der Waals surface area contributed by atoms with E-state index in [0.29, 0.717) is 12.1 Å². The van der Waals surface area contributed by atoms with Crippen LogP contribution in [0.4, 0.5) is 5.69 Å². The molecule has 0 aromatic heterocycles. The number of likely N-dealkylation sites (N-methyl/N-ethyl adjacent to an activating group) is 1.